The number of hydrogen-bond acceptors (Lipinski definition) is 8. The molecule has 1 amide bonds. The average Bonchev–Trinajstić information content (AvgIpc) is 3.19. The molecule has 29 heavy (non-hydrogen) atoms. The van der Waals surface area contributed by atoms with Crippen LogP contribution >= 0.6 is 11.3 Å². The molecule has 4 rings (SSSR count). The van der Waals surface area contributed by atoms with Crippen LogP contribution < -0.4 is 15.8 Å². The van der Waals surface area contributed by atoms with Crippen molar-refractivity contribution in [1.82, 2.24) is 25.3 Å². The Labute approximate surface area is 170 Å². The number of hydrogen-bond donors (Lipinski definition) is 2. The number of pyridine rings is 2. The molecular weight excluding hydrogens is 388 g/mol. The van der Waals surface area contributed by atoms with Crippen LogP contribution in [0.2, 0.25) is 0 Å². The molecule has 0 aliphatic rings. The lowest BCUT2D eigenvalue weighted by molar-refractivity contribution is 0.0956. The van der Waals surface area contributed by atoms with E-state index in [2.05, 4.69) is 25.3 Å². The zero-order valence-corrected chi connectivity index (χ0v) is 16.4. The fourth-order valence-corrected chi connectivity index (χ4v) is 3.80. The Bertz CT molecular complexity index is 1160. The lowest BCUT2D eigenvalue weighted by Gasteiger charge is -2.07. The normalized spacial score (nSPS) is 10.8. The molecule has 4 aromatic heterocycles. The summed E-state index contributed by atoms with van der Waals surface area (Å²) in [5.41, 5.74) is 8.29. The summed E-state index contributed by atoms with van der Waals surface area (Å²) in [6, 6.07) is 9.23. The number of carbonyl (C=O) groups is 1. The third-order valence-corrected chi connectivity index (χ3v) is 5.18. The lowest BCUT2D eigenvalue weighted by Crippen LogP contribution is -2.25. The van der Waals surface area contributed by atoms with Crippen LogP contribution in [0.1, 0.15) is 15.9 Å². The van der Waals surface area contributed by atoms with Gasteiger partial charge in [-0.05, 0) is 30.2 Å². The Morgan fingerprint density at radius 1 is 1.21 bits per heavy atom. The largest absolute Gasteiger partial charge is 0.481 e. The minimum atomic E-state index is -0.210. The molecule has 0 saturated heterocycles. The van der Waals surface area contributed by atoms with Crippen molar-refractivity contribution in [3.8, 4) is 17.4 Å². The van der Waals surface area contributed by atoms with Gasteiger partial charge in [0.25, 0.3) is 5.91 Å². The van der Waals surface area contributed by atoms with E-state index in [1.807, 2.05) is 30.3 Å². The van der Waals surface area contributed by atoms with Gasteiger partial charge in [0.15, 0.2) is 5.82 Å². The average molecular weight is 406 g/mol. The first-order valence-corrected chi connectivity index (χ1v) is 9.77. The molecule has 0 unspecified atom stereocenters. The molecule has 0 aromatic carbocycles. The zero-order chi connectivity index (χ0) is 20.2. The molecule has 3 N–H and O–H groups in total. The van der Waals surface area contributed by atoms with Crippen molar-refractivity contribution in [3.05, 3.63) is 59.2 Å². The van der Waals surface area contributed by atoms with E-state index in [4.69, 9.17) is 10.5 Å². The van der Waals surface area contributed by atoms with Crippen LogP contribution in [0.3, 0.4) is 0 Å². The van der Waals surface area contributed by atoms with Crippen LogP contribution in [0.15, 0.2) is 48.1 Å². The number of nitrogens with two attached hydrogens (primary N) is 1. The first kappa shape index (κ1) is 18.8. The van der Waals surface area contributed by atoms with E-state index in [0.717, 1.165) is 5.56 Å². The summed E-state index contributed by atoms with van der Waals surface area (Å²) in [6.07, 6.45) is 4.01. The van der Waals surface area contributed by atoms with Gasteiger partial charge < -0.3 is 15.8 Å². The van der Waals surface area contributed by atoms with E-state index in [9.17, 15) is 4.79 Å². The second kappa shape index (κ2) is 8.19. The van der Waals surface area contributed by atoms with Gasteiger partial charge >= 0.3 is 0 Å². The van der Waals surface area contributed by atoms with E-state index >= 15 is 0 Å². The standard InChI is InChI=1S/C20H18N6O2S/c1-28-15-10-12(5-8-23-15)6-9-24-19(27)13-11-29-20-16(13)17(21)25-18(26-20)14-4-2-3-7-22-14/h2-5,7-8,10-11H,6,9H2,1H3,(H,24,27)(H2,21,25,26). The van der Waals surface area contributed by atoms with Crippen molar-refractivity contribution in [2.24, 2.45) is 0 Å². The van der Waals surface area contributed by atoms with Crippen molar-refractivity contribution < 1.29 is 9.53 Å². The van der Waals surface area contributed by atoms with Gasteiger partial charge in [0, 0.05) is 30.4 Å². The number of aromatic nitrogens is 4. The molecule has 0 saturated carbocycles. The maximum Gasteiger partial charge on any atom is 0.252 e. The summed E-state index contributed by atoms with van der Waals surface area (Å²) in [7, 11) is 1.57. The molecule has 0 aliphatic heterocycles. The second-order valence-corrected chi connectivity index (χ2v) is 7.05. The quantitative estimate of drug-likeness (QED) is 0.506. The van der Waals surface area contributed by atoms with Crippen molar-refractivity contribution in [2.45, 2.75) is 6.42 Å². The Hall–Kier alpha value is -3.59. The third-order valence-electron chi connectivity index (χ3n) is 4.31. The number of nitrogen functional groups attached to an aromatic ring is 1. The number of nitrogens with one attached hydrogen (secondary N) is 1. The van der Waals surface area contributed by atoms with E-state index in [0.29, 0.717) is 46.1 Å². The summed E-state index contributed by atoms with van der Waals surface area (Å²) in [5, 5.41) is 5.24. The Morgan fingerprint density at radius 3 is 2.90 bits per heavy atom. The number of ether oxygens (including phenoxy) is 1. The number of anilines is 1. The highest BCUT2D eigenvalue weighted by Crippen LogP contribution is 2.30. The first-order chi connectivity index (χ1) is 14.2. The SMILES string of the molecule is COc1cc(CCNC(=O)c2csc3nc(-c4ccccn4)nc(N)c23)ccn1. The van der Waals surface area contributed by atoms with Crippen molar-refractivity contribution in [1.29, 1.82) is 0 Å². The van der Waals surface area contributed by atoms with Gasteiger partial charge in [-0.3, -0.25) is 9.78 Å². The number of amides is 1. The van der Waals surface area contributed by atoms with E-state index in [1.54, 1.807) is 24.9 Å². The summed E-state index contributed by atoms with van der Waals surface area (Å²) >= 11 is 1.36. The van der Waals surface area contributed by atoms with Crippen molar-refractivity contribution >= 4 is 33.3 Å². The number of nitrogens with zero attached hydrogens (tertiary/aromatic N) is 4. The maximum absolute atomic E-state index is 12.7. The van der Waals surface area contributed by atoms with E-state index in [1.165, 1.54) is 11.3 Å². The fourth-order valence-electron chi connectivity index (χ4n) is 2.88. The minimum absolute atomic E-state index is 0.210. The van der Waals surface area contributed by atoms with Gasteiger partial charge in [-0.15, -0.1) is 11.3 Å². The Kier molecular flexibility index (Phi) is 5.30. The summed E-state index contributed by atoms with van der Waals surface area (Å²) in [5.74, 6) is 1.04. The molecular formula is C20H18N6O2S. The molecule has 4 heterocycles. The molecule has 0 bridgehead atoms. The maximum atomic E-state index is 12.7. The molecule has 0 fully saturated rings. The van der Waals surface area contributed by atoms with Crippen LogP contribution in [0.4, 0.5) is 5.82 Å². The lowest BCUT2D eigenvalue weighted by atomic mass is 10.2. The second-order valence-electron chi connectivity index (χ2n) is 6.19. The van der Waals surface area contributed by atoms with Crippen LogP contribution in [-0.4, -0.2) is 39.5 Å². The van der Waals surface area contributed by atoms with E-state index in [-0.39, 0.29) is 11.7 Å². The van der Waals surface area contributed by atoms with Crippen LogP contribution in [0.5, 0.6) is 5.88 Å². The first-order valence-electron chi connectivity index (χ1n) is 8.89. The molecule has 8 nitrogen and oxygen atoms in total. The molecule has 0 atom stereocenters. The number of thiophene rings is 1. The molecule has 0 radical (unpaired) electrons. The van der Waals surface area contributed by atoms with Crippen LogP contribution in [-0.2, 0) is 6.42 Å². The van der Waals surface area contributed by atoms with Crippen LogP contribution in [0, 0.1) is 0 Å². The van der Waals surface area contributed by atoms with E-state index < -0.39 is 0 Å². The zero-order valence-electron chi connectivity index (χ0n) is 15.6. The summed E-state index contributed by atoms with van der Waals surface area (Å²) in [4.78, 5) is 30.5. The van der Waals surface area contributed by atoms with Crippen molar-refractivity contribution in [2.75, 3.05) is 19.4 Å². The topological polar surface area (TPSA) is 116 Å². The number of carbonyl (C=O) groups excluding carboxylic acids is 1. The van der Waals surface area contributed by atoms with Gasteiger partial charge in [0.1, 0.15) is 16.3 Å². The summed E-state index contributed by atoms with van der Waals surface area (Å²) < 4.78 is 5.11. The number of methoxy groups -OCH3 is 1. The smallest absolute Gasteiger partial charge is 0.252 e. The highest BCUT2D eigenvalue weighted by molar-refractivity contribution is 7.17. The van der Waals surface area contributed by atoms with Crippen LogP contribution in [0.25, 0.3) is 21.7 Å². The molecule has 0 spiro atoms. The molecule has 9 heteroatoms. The predicted octanol–water partition coefficient (Wildman–Crippen LogP) is 2.71. The van der Waals surface area contributed by atoms with Gasteiger partial charge in [0.2, 0.25) is 5.88 Å². The van der Waals surface area contributed by atoms with Crippen molar-refractivity contribution in [3.63, 3.8) is 0 Å². The predicted molar refractivity (Wildman–Crippen MR) is 112 cm³/mol. The highest BCUT2D eigenvalue weighted by atomic mass is 32.1. The Balaban J connectivity index is 1.51. The Morgan fingerprint density at radius 2 is 2.10 bits per heavy atom. The van der Waals surface area contributed by atoms with Gasteiger partial charge in [-0.1, -0.05) is 6.07 Å². The van der Waals surface area contributed by atoms with Gasteiger partial charge in [-0.2, -0.15) is 0 Å². The number of fused-ring (bicyclic) bond motifs is 1. The number of rotatable bonds is 6. The monoisotopic (exact) mass is 406 g/mol. The summed E-state index contributed by atoms with van der Waals surface area (Å²) in [6.45, 7) is 0.468. The minimum Gasteiger partial charge on any atom is -0.481 e. The fraction of sp³-hybridized carbons (Fsp3) is 0.150. The van der Waals surface area contributed by atoms with Gasteiger partial charge in [-0.25, -0.2) is 15.0 Å². The third kappa shape index (κ3) is 3.99. The molecule has 0 aliphatic carbocycles. The highest BCUT2D eigenvalue weighted by Gasteiger charge is 2.18. The molecule has 4 aromatic rings. The molecule has 146 valence electrons. The van der Waals surface area contributed by atoms with Gasteiger partial charge in [0.05, 0.1) is 18.1 Å².